The lowest BCUT2D eigenvalue weighted by atomic mass is 9.76. The van der Waals surface area contributed by atoms with Crippen LogP contribution >= 0.6 is 0 Å². The summed E-state index contributed by atoms with van der Waals surface area (Å²) in [5, 5.41) is 9.03. The number of fused-ring (bicyclic) bond motifs is 1. The van der Waals surface area contributed by atoms with Crippen molar-refractivity contribution in [1.82, 2.24) is 0 Å². The van der Waals surface area contributed by atoms with Crippen molar-refractivity contribution in [2.75, 3.05) is 0 Å². The minimum absolute atomic E-state index is 0.301. The van der Waals surface area contributed by atoms with Crippen LogP contribution in [0, 0.1) is 22.7 Å². The van der Waals surface area contributed by atoms with Gasteiger partial charge in [0.2, 0.25) is 0 Å². The third-order valence-corrected chi connectivity index (χ3v) is 4.39. The fourth-order valence-corrected chi connectivity index (χ4v) is 3.38. The van der Waals surface area contributed by atoms with E-state index in [1.807, 2.05) is 6.92 Å². The van der Waals surface area contributed by atoms with Crippen molar-refractivity contribution in [3.63, 3.8) is 0 Å². The van der Waals surface area contributed by atoms with Crippen molar-refractivity contribution in [2.45, 2.75) is 33.6 Å². The highest BCUT2D eigenvalue weighted by atomic mass is 16.4. The molecule has 0 aromatic rings. The molecule has 12 heavy (non-hydrogen) atoms. The lowest BCUT2D eigenvalue weighted by Crippen LogP contribution is -2.31. The van der Waals surface area contributed by atoms with Gasteiger partial charge in [0.25, 0.3) is 0 Å². The molecule has 1 N–H and O–H groups in total. The van der Waals surface area contributed by atoms with Gasteiger partial charge < -0.3 is 5.11 Å². The topological polar surface area (TPSA) is 37.3 Å². The second-order valence-electron chi connectivity index (χ2n) is 4.51. The molecule has 0 heterocycles. The Morgan fingerprint density at radius 1 is 1.33 bits per heavy atom. The molecule has 0 radical (unpaired) electrons. The molecule has 0 saturated heterocycles. The predicted molar refractivity (Wildman–Crippen MR) is 45.7 cm³/mol. The van der Waals surface area contributed by atoms with Crippen LogP contribution in [0.15, 0.2) is 0 Å². The lowest BCUT2D eigenvalue weighted by Gasteiger charge is -2.27. The van der Waals surface area contributed by atoms with Gasteiger partial charge in [-0.15, -0.1) is 0 Å². The summed E-state index contributed by atoms with van der Waals surface area (Å²) in [7, 11) is 0. The van der Waals surface area contributed by atoms with Crippen molar-refractivity contribution in [3.8, 4) is 0 Å². The highest BCUT2D eigenvalue weighted by Gasteiger charge is 2.91. The fraction of sp³-hybridized carbons (Fsp3) is 0.900. The second kappa shape index (κ2) is 1.86. The zero-order chi connectivity index (χ0) is 9.15. The van der Waals surface area contributed by atoms with Crippen LogP contribution in [0.25, 0.3) is 0 Å². The molecule has 2 aliphatic rings. The molecule has 0 amide bonds. The van der Waals surface area contributed by atoms with Gasteiger partial charge in [-0.05, 0) is 23.7 Å². The number of carbonyl (C=O) groups is 1. The summed E-state index contributed by atoms with van der Waals surface area (Å²) in [4.78, 5) is 11.0. The molecule has 2 nitrogen and oxygen atoms in total. The van der Waals surface area contributed by atoms with Gasteiger partial charge in [-0.1, -0.05) is 27.2 Å². The first-order valence-electron chi connectivity index (χ1n) is 4.79. The number of aliphatic carboxylic acids is 1. The SMILES string of the molecule is CCC1(C)C2C1C2(CC)C(=O)O. The first kappa shape index (κ1) is 8.09. The van der Waals surface area contributed by atoms with Crippen LogP contribution in [0.3, 0.4) is 0 Å². The molecule has 2 aliphatic carbocycles. The Hall–Kier alpha value is -0.530. The van der Waals surface area contributed by atoms with Crippen LogP contribution in [0.2, 0.25) is 0 Å². The minimum atomic E-state index is -0.564. The van der Waals surface area contributed by atoms with E-state index in [-0.39, 0.29) is 5.41 Å². The summed E-state index contributed by atoms with van der Waals surface area (Å²) in [5.41, 5.74) is 0.0825. The number of hydrogen-bond donors (Lipinski definition) is 1. The zero-order valence-electron chi connectivity index (χ0n) is 7.92. The van der Waals surface area contributed by atoms with Crippen LogP contribution < -0.4 is 0 Å². The van der Waals surface area contributed by atoms with E-state index in [4.69, 9.17) is 5.11 Å². The maximum absolute atomic E-state index is 11.0. The second-order valence-corrected chi connectivity index (χ2v) is 4.51. The van der Waals surface area contributed by atoms with E-state index in [0.717, 1.165) is 12.8 Å². The van der Waals surface area contributed by atoms with Crippen LogP contribution in [-0.2, 0) is 4.79 Å². The van der Waals surface area contributed by atoms with E-state index in [2.05, 4.69) is 13.8 Å². The quantitative estimate of drug-likeness (QED) is 0.701. The van der Waals surface area contributed by atoms with Crippen molar-refractivity contribution >= 4 is 5.97 Å². The first-order valence-corrected chi connectivity index (χ1v) is 4.79. The molecular weight excluding hydrogens is 152 g/mol. The van der Waals surface area contributed by atoms with Crippen LogP contribution in [0.4, 0.5) is 0 Å². The van der Waals surface area contributed by atoms with E-state index >= 15 is 0 Å². The number of rotatable bonds is 3. The molecule has 2 saturated carbocycles. The molecule has 2 heteroatoms. The minimum Gasteiger partial charge on any atom is -0.481 e. The van der Waals surface area contributed by atoms with Gasteiger partial charge in [-0.25, -0.2) is 0 Å². The van der Waals surface area contributed by atoms with Crippen molar-refractivity contribution in [3.05, 3.63) is 0 Å². The van der Waals surface area contributed by atoms with E-state index in [9.17, 15) is 4.79 Å². The van der Waals surface area contributed by atoms with Gasteiger partial charge in [-0.2, -0.15) is 0 Å². The normalized spacial score (nSPS) is 54.6. The Bertz CT molecular complexity index is 234. The van der Waals surface area contributed by atoms with E-state index in [1.165, 1.54) is 0 Å². The van der Waals surface area contributed by atoms with Crippen LogP contribution in [-0.4, -0.2) is 11.1 Å². The Morgan fingerprint density at radius 2 is 1.83 bits per heavy atom. The Balaban J connectivity index is 2.11. The van der Waals surface area contributed by atoms with Gasteiger partial charge in [0.1, 0.15) is 0 Å². The van der Waals surface area contributed by atoms with Gasteiger partial charge in [-0.3, -0.25) is 4.79 Å². The summed E-state index contributed by atoms with van der Waals surface area (Å²) >= 11 is 0. The zero-order valence-corrected chi connectivity index (χ0v) is 7.92. The molecule has 0 aromatic heterocycles. The monoisotopic (exact) mass is 168 g/mol. The average molecular weight is 168 g/mol. The molecule has 0 spiro atoms. The average Bonchev–Trinajstić information content (AvgIpc) is 2.87. The molecule has 2 rings (SSSR count). The summed E-state index contributed by atoms with van der Waals surface area (Å²) in [6.07, 6.45) is 1.95. The number of carboxylic acids is 1. The van der Waals surface area contributed by atoms with E-state index in [0.29, 0.717) is 17.3 Å². The molecule has 68 valence electrons. The van der Waals surface area contributed by atoms with Gasteiger partial charge in [0, 0.05) is 0 Å². The molecule has 0 aliphatic heterocycles. The summed E-state index contributed by atoms with van der Waals surface area (Å²) in [6, 6.07) is 0. The third kappa shape index (κ3) is 0.540. The number of hydrogen-bond acceptors (Lipinski definition) is 1. The third-order valence-electron chi connectivity index (χ3n) is 4.39. The Kier molecular flexibility index (Phi) is 1.25. The molecule has 2 atom stereocenters. The Labute approximate surface area is 73.0 Å². The first-order chi connectivity index (χ1) is 5.55. The summed E-state index contributed by atoms with van der Waals surface area (Å²) in [6.45, 7) is 6.38. The molecule has 0 bridgehead atoms. The predicted octanol–water partition coefficient (Wildman–Crippen LogP) is 2.14. The highest BCUT2D eigenvalue weighted by molar-refractivity contribution is 5.83. The van der Waals surface area contributed by atoms with Crippen molar-refractivity contribution in [2.24, 2.45) is 22.7 Å². The highest BCUT2D eigenvalue weighted by Crippen LogP contribution is 2.90. The molecule has 2 unspecified atom stereocenters. The molecule has 0 aromatic carbocycles. The van der Waals surface area contributed by atoms with Crippen LogP contribution in [0.1, 0.15) is 33.6 Å². The lowest BCUT2D eigenvalue weighted by molar-refractivity contribution is -0.148. The molecular formula is C10H16O2. The standard InChI is InChI=1S/C10H16O2/c1-4-9(3)6-7(9)10(6,5-2)8(11)12/h6-7H,4-5H2,1-3H3,(H,11,12). The van der Waals surface area contributed by atoms with Crippen LogP contribution in [0.5, 0.6) is 0 Å². The van der Waals surface area contributed by atoms with Crippen molar-refractivity contribution in [1.29, 1.82) is 0 Å². The van der Waals surface area contributed by atoms with Gasteiger partial charge >= 0.3 is 5.97 Å². The van der Waals surface area contributed by atoms with Crippen molar-refractivity contribution < 1.29 is 9.90 Å². The van der Waals surface area contributed by atoms with Gasteiger partial charge in [0.15, 0.2) is 0 Å². The number of carboxylic acid groups (broad SMARTS) is 1. The maximum atomic E-state index is 11.0. The largest absolute Gasteiger partial charge is 0.481 e. The maximum Gasteiger partial charge on any atom is 0.310 e. The summed E-state index contributed by atoms with van der Waals surface area (Å²) in [5.74, 6) is 0.431. The smallest absolute Gasteiger partial charge is 0.310 e. The van der Waals surface area contributed by atoms with E-state index < -0.39 is 5.97 Å². The Morgan fingerprint density at radius 3 is 2.08 bits per heavy atom. The molecule has 2 fully saturated rings. The fourth-order valence-electron chi connectivity index (χ4n) is 3.38. The van der Waals surface area contributed by atoms with Gasteiger partial charge in [0.05, 0.1) is 5.41 Å². The van der Waals surface area contributed by atoms with E-state index in [1.54, 1.807) is 0 Å². The summed E-state index contributed by atoms with van der Waals surface area (Å²) < 4.78 is 0.